The molecule has 0 spiro atoms. The van der Waals surface area contributed by atoms with Crippen LogP contribution in [0.1, 0.15) is 0 Å². The fourth-order valence-electron chi connectivity index (χ4n) is 0. The molecular weight excluding hydrogens is 314 g/mol. The second-order valence-electron chi connectivity index (χ2n) is 0.500. The maximum atomic E-state index is 8.33. The maximum absolute atomic E-state index is 8.33. The molecule has 0 amide bonds. The number of hydrogen-bond donors (Lipinski definition) is 0. The Kier molecular flexibility index (Phi) is 36.7. The first kappa shape index (κ1) is 22.4. The van der Waals surface area contributed by atoms with E-state index in [1.807, 2.05) is 0 Å². The molecule has 0 unspecified atom stereocenters. The van der Waals surface area contributed by atoms with Crippen LogP contribution < -0.4 is 20.4 Å². The molecule has 0 rings (SSSR count). The first-order valence-electron chi connectivity index (χ1n) is 1.22. The van der Waals surface area contributed by atoms with Crippen molar-refractivity contribution >= 4 is 57.8 Å². The summed E-state index contributed by atoms with van der Waals surface area (Å²) in [5, 5.41) is 33.3. The third kappa shape index (κ3) is 1100. The van der Waals surface area contributed by atoms with Crippen molar-refractivity contribution < 1.29 is 50.4 Å². The number of hydrogen-bond acceptors (Lipinski definition) is 6. The zero-order valence-electron chi connectivity index (χ0n) is 4.47. The normalized spacial score (nSPS) is 4.80. The minimum Gasteiger partial charge on any atom is -0.652 e. The molecule has 0 bridgehead atoms. The van der Waals surface area contributed by atoms with Gasteiger partial charge in [0.2, 0.25) is 0 Å². The summed E-state index contributed by atoms with van der Waals surface area (Å²) in [6.45, 7) is 0. The second-order valence-corrected chi connectivity index (χ2v) is 0.500. The first-order valence-corrected chi connectivity index (χ1v) is 1.22. The van der Waals surface area contributed by atoms with Crippen molar-refractivity contribution in [2.24, 2.45) is 0 Å². The van der Waals surface area contributed by atoms with E-state index in [4.69, 9.17) is 30.0 Å². The van der Waals surface area contributed by atoms with Gasteiger partial charge in [-0.3, -0.25) is 0 Å². The molecule has 0 saturated heterocycles. The van der Waals surface area contributed by atoms with Crippen molar-refractivity contribution in [1.82, 2.24) is 0 Å². The summed E-state index contributed by atoms with van der Waals surface area (Å²) in [6.07, 6.45) is -4.67. The largest absolute Gasteiger partial charge is 2.00 e. The maximum Gasteiger partial charge on any atom is 2.00 e. The van der Waals surface area contributed by atoms with Crippen LogP contribution in [0.25, 0.3) is 0 Å². The summed E-state index contributed by atoms with van der Waals surface area (Å²) in [5.41, 5.74) is 0. The van der Waals surface area contributed by atoms with Gasteiger partial charge in [-0.05, 0) is 12.3 Å². The molecule has 0 aliphatic carbocycles. The third-order valence-electron chi connectivity index (χ3n) is 0. The summed E-state index contributed by atoms with van der Waals surface area (Å²) in [6, 6.07) is 0. The minimum atomic E-state index is -2.33. The van der Waals surface area contributed by atoms with Gasteiger partial charge in [-0.25, -0.2) is 0 Å². The molecule has 0 aliphatic heterocycles. The topological polar surface area (TPSA) is 126 Å². The molecule has 0 aromatic heterocycles. The van der Waals surface area contributed by atoms with Gasteiger partial charge < -0.3 is 30.0 Å². The van der Waals surface area contributed by atoms with E-state index in [9.17, 15) is 0 Å². The average Bonchev–Trinajstić information content (AvgIpc) is 1.25. The fraction of sp³-hybridized carbons (Fsp3) is 0. The Morgan fingerprint density at radius 3 is 0.800 bits per heavy atom. The van der Waals surface area contributed by atoms with Gasteiger partial charge in [0.15, 0.2) is 0 Å². The van der Waals surface area contributed by atoms with Crippen LogP contribution in [0.4, 0.5) is 9.59 Å². The van der Waals surface area contributed by atoms with Crippen LogP contribution in [0.3, 0.4) is 0 Å². The number of rotatable bonds is 0. The van der Waals surface area contributed by atoms with E-state index < -0.39 is 12.3 Å². The van der Waals surface area contributed by atoms with Crippen molar-refractivity contribution in [2.45, 2.75) is 0 Å². The Bertz CT molecular complexity index is 73.7. The van der Waals surface area contributed by atoms with Crippen LogP contribution in [0.2, 0.25) is 0 Å². The molecule has 0 heterocycles. The van der Waals surface area contributed by atoms with E-state index in [0.29, 0.717) is 0 Å². The molecule has 56 valence electrons. The van der Waals surface area contributed by atoms with Crippen molar-refractivity contribution in [2.75, 3.05) is 0 Å². The predicted molar refractivity (Wildman–Crippen MR) is 16.5 cm³/mol. The van der Waals surface area contributed by atoms with Gasteiger partial charge >= 0.3 is 65.9 Å². The van der Waals surface area contributed by atoms with E-state index in [0.717, 1.165) is 0 Å². The summed E-state index contributed by atoms with van der Waals surface area (Å²) >= 11 is 0. The summed E-state index contributed by atoms with van der Waals surface area (Å²) in [7, 11) is 0. The SMILES string of the molecule is O=C([O-])[O-].O=C([O-])[O-].[Pd+2].[Sr+2]. The summed E-state index contributed by atoms with van der Waals surface area (Å²) in [5.74, 6) is 0. The Morgan fingerprint density at radius 1 is 0.800 bits per heavy atom. The van der Waals surface area contributed by atoms with Gasteiger partial charge in [-0.2, -0.15) is 0 Å². The number of carbonyl (C=O) groups excluding carboxylic acids is 2. The van der Waals surface area contributed by atoms with Gasteiger partial charge in [0.1, 0.15) is 0 Å². The molecule has 0 atom stereocenters. The average molecular weight is 314 g/mol. The minimum absolute atomic E-state index is 0. The van der Waals surface area contributed by atoms with Gasteiger partial charge in [-0.1, -0.05) is 0 Å². The molecule has 6 nitrogen and oxygen atoms in total. The Labute approximate surface area is 107 Å². The molecule has 0 aliphatic rings. The Hall–Kier alpha value is 0.683. The van der Waals surface area contributed by atoms with Gasteiger partial charge in [0, 0.05) is 0 Å². The van der Waals surface area contributed by atoms with Gasteiger partial charge in [-0.15, -0.1) is 0 Å². The van der Waals surface area contributed by atoms with E-state index >= 15 is 0 Å². The number of carboxylic acid groups (broad SMARTS) is 4. The quantitative estimate of drug-likeness (QED) is 0.411. The van der Waals surface area contributed by atoms with Crippen molar-refractivity contribution in [3.05, 3.63) is 0 Å². The van der Waals surface area contributed by atoms with Crippen LogP contribution >= 0.6 is 0 Å². The molecule has 0 fully saturated rings. The second kappa shape index (κ2) is 16.3. The van der Waals surface area contributed by atoms with Crippen LogP contribution in [-0.4, -0.2) is 57.8 Å². The Morgan fingerprint density at radius 2 is 0.800 bits per heavy atom. The van der Waals surface area contributed by atoms with Crippen molar-refractivity contribution in [3.8, 4) is 0 Å². The monoisotopic (exact) mass is 314 g/mol. The van der Waals surface area contributed by atoms with Crippen LogP contribution in [0.15, 0.2) is 0 Å². The molecule has 10 heavy (non-hydrogen) atoms. The molecular formula is C2O6PdSr. The van der Waals surface area contributed by atoms with E-state index in [2.05, 4.69) is 0 Å². The van der Waals surface area contributed by atoms with Crippen LogP contribution in [0, 0.1) is 0 Å². The van der Waals surface area contributed by atoms with E-state index in [1.54, 1.807) is 0 Å². The number of carbonyl (C=O) groups is 2. The Balaban J connectivity index is -0.0000000300. The fourth-order valence-corrected chi connectivity index (χ4v) is 0. The zero-order valence-corrected chi connectivity index (χ0v) is 9.50. The standard InChI is InChI=1S/2CH2O3.Pd.Sr/c2*2-1(3)4;;/h2*(H2,2,3,4);;/q;;2*+2/p-4. The van der Waals surface area contributed by atoms with Crippen molar-refractivity contribution in [1.29, 1.82) is 0 Å². The summed E-state index contributed by atoms with van der Waals surface area (Å²) in [4.78, 5) is 16.7. The molecule has 0 aromatic carbocycles. The molecule has 8 heteroatoms. The zero-order chi connectivity index (χ0) is 7.15. The molecule has 0 saturated carbocycles. The van der Waals surface area contributed by atoms with Crippen LogP contribution in [-0.2, 0) is 20.4 Å². The first-order chi connectivity index (χ1) is 3.46. The molecule has 0 aromatic rings. The predicted octanol–water partition coefficient (Wildman–Crippen LogP) is -5.28. The molecule has 0 N–H and O–H groups in total. The van der Waals surface area contributed by atoms with Gasteiger partial charge in [0.05, 0.1) is 0 Å². The molecule has 0 radical (unpaired) electrons. The van der Waals surface area contributed by atoms with Crippen molar-refractivity contribution in [3.63, 3.8) is 0 Å². The summed E-state index contributed by atoms with van der Waals surface area (Å²) < 4.78 is 0. The van der Waals surface area contributed by atoms with E-state index in [1.165, 1.54) is 0 Å². The van der Waals surface area contributed by atoms with E-state index in [-0.39, 0.29) is 65.9 Å². The van der Waals surface area contributed by atoms with Gasteiger partial charge in [0.25, 0.3) is 0 Å². The third-order valence-corrected chi connectivity index (χ3v) is 0. The van der Waals surface area contributed by atoms with Crippen LogP contribution in [0.5, 0.6) is 0 Å². The smallest absolute Gasteiger partial charge is 0.652 e.